The van der Waals surface area contributed by atoms with E-state index in [1.807, 2.05) is 35.1 Å². The van der Waals surface area contributed by atoms with Gasteiger partial charge in [0.05, 0.1) is 17.8 Å². The predicted molar refractivity (Wildman–Crippen MR) is 124 cm³/mol. The predicted octanol–water partition coefficient (Wildman–Crippen LogP) is 3.35. The molecule has 0 aliphatic carbocycles. The lowest BCUT2D eigenvalue weighted by Crippen LogP contribution is -2.46. The lowest BCUT2D eigenvalue weighted by atomic mass is 9.99. The summed E-state index contributed by atoms with van der Waals surface area (Å²) in [4.78, 5) is 12.5. The van der Waals surface area contributed by atoms with Gasteiger partial charge in [-0.2, -0.15) is 10.4 Å². The highest BCUT2D eigenvalue weighted by atomic mass is 19.1. The van der Waals surface area contributed by atoms with Crippen molar-refractivity contribution in [1.82, 2.24) is 20.4 Å². The van der Waals surface area contributed by atoms with Gasteiger partial charge in [-0.1, -0.05) is 24.3 Å². The smallest absolute Gasteiger partial charge is 0.251 e. The van der Waals surface area contributed by atoms with Gasteiger partial charge in [-0.05, 0) is 55.6 Å². The van der Waals surface area contributed by atoms with Gasteiger partial charge < -0.3 is 15.4 Å². The van der Waals surface area contributed by atoms with Gasteiger partial charge in [-0.25, -0.2) is 4.39 Å². The van der Waals surface area contributed by atoms with Crippen LogP contribution in [0.4, 0.5) is 4.39 Å². The molecule has 2 aromatic carbocycles. The SMILES string of the molecule is CC(C)n1ncc2ccc(-c3ccc(C[C@H](C#N)NC(=O)[C@@H]4CNCCCO4)c(F)c3)cc21. The molecule has 1 fully saturated rings. The largest absolute Gasteiger partial charge is 0.367 e. The first-order valence-corrected chi connectivity index (χ1v) is 11.2. The molecule has 0 saturated carbocycles. The molecule has 1 aromatic heterocycles. The number of ether oxygens (including phenoxy) is 1. The molecule has 0 spiro atoms. The highest BCUT2D eigenvalue weighted by Gasteiger charge is 2.24. The number of halogens is 1. The number of aromatic nitrogens is 2. The van der Waals surface area contributed by atoms with Crippen LogP contribution in [0.25, 0.3) is 22.0 Å². The van der Waals surface area contributed by atoms with Crippen molar-refractivity contribution in [3.8, 4) is 17.2 Å². The van der Waals surface area contributed by atoms with Crippen LogP contribution in [0.3, 0.4) is 0 Å². The molecule has 7 nitrogen and oxygen atoms in total. The molecule has 0 bridgehead atoms. The summed E-state index contributed by atoms with van der Waals surface area (Å²) in [7, 11) is 0. The Hall–Kier alpha value is -3.28. The van der Waals surface area contributed by atoms with Crippen LogP contribution in [-0.2, 0) is 16.0 Å². The Morgan fingerprint density at radius 2 is 2.12 bits per heavy atom. The standard InChI is InChI=1S/C25H28FN5O2/c1-16(2)31-23-12-18(5-7-20(23)14-29-31)17-4-6-19(22(26)11-17)10-21(13-27)30-25(32)24-15-28-8-3-9-33-24/h4-7,11-12,14,16,21,24,28H,3,8-10,15H2,1-2H3,(H,30,32)/t21-,24+/m1/s1. The first-order chi connectivity index (χ1) is 16.0. The Kier molecular flexibility index (Phi) is 7.02. The zero-order valence-electron chi connectivity index (χ0n) is 18.8. The van der Waals surface area contributed by atoms with Crippen LogP contribution in [0.5, 0.6) is 0 Å². The lowest BCUT2D eigenvalue weighted by molar-refractivity contribution is -0.132. The molecule has 0 unspecified atom stereocenters. The number of benzene rings is 2. The van der Waals surface area contributed by atoms with Crippen molar-refractivity contribution >= 4 is 16.8 Å². The minimum absolute atomic E-state index is 0.0770. The highest BCUT2D eigenvalue weighted by molar-refractivity contribution is 5.84. The van der Waals surface area contributed by atoms with Crippen molar-refractivity contribution in [2.75, 3.05) is 19.7 Å². The summed E-state index contributed by atoms with van der Waals surface area (Å²) in [5.41, 5.74) is 3.00. The van der Waals surface area contributed by atoms with E-state index in [9.17, 15) is 14.4 Å². The third-order valence-electron chi connectivity index (χ3n) is 5.81. The molecule has 1 aliphatic rings. The van der Waals surface area contributed by atoms with Crippen molar-refractivity contribution < 1.29 is 13.9 Å². The molecular formula is C25H28FN5O2. The van der Waals surface area contributed by atoms with Crippen LogP contribution in [0, 0.1) is 17.1 Å². The van der Waals surface area contributed by atoms with Gasteiger partial charge in [0.15, 0.2) is 0 Å². The van der Waals surface area contributed by atoms with Crippen LogP contribution in [0.2, 0.25) is 0 Å². The fourth-order valence-electron chi connectivity index (χ4n) is 4.02. The van der Waals surface area contributed by atoms with E-state index in [4.69, 9.17) is 4.74 Å². The summed E-state index contributed by atoms with van der Waals surface area (Å²) >= 11 is 0. The second-order valence-corrected chi connectivity index (χ2v) is 8.57. The van der Waals surface area contributed by atoms with Gasteiger partial charge in [-0.15, -0.1) is 0 Å². The number of hydrogen-bond donors (Lipinski definition) is 2. The molecule has 33 heavy (non-hydrogen) atoms. The highest BCUT2D eigenvalue weighted by Crippen LogP contribution is 2.27. The van der Waals surface area contributed by atoms with Crippen molar-refractivity contribution in [1.29, 1.82) is 5.26 Å². The van der Waals surface area contributed by atoms with Crippen molar-refractivity contribution in [3.63, 3.8) is 0 Å². The van der Waals surface area contributed by atoms with E-state index < -0.39 is 18.0 Å². The van der Waals surface area contributed by atoms with Crippen molar-refractivity contribution in [2.24, 2.45) is 0 Å². The van der Waals surface area contributed by atoms with Gasteiger partial charge >= 0.3 is 0 Å². The summed E-state index contributed by atoms with van der Waals surface area (Å²) in [6, 6.07) is 12.4. The van der Waals surface area contributed by atoms with E-state index in [1.165, 1.54) is 6.07 Å². The number of nitrogens with zero attached hydrogens (tertiary/aromatic N) is 3. The van der Waals surface area contributed by atoms with Gasteiger partial charge in [-0.3, -0.25) is 9.48 Å². The quantitative estimate of drug-likeness (QED) is 0.602. The Bertz CT molecular complexity index is 1180. The molecule has 3 aromatic rings. The van der Waals surface area contributed by atoms with Crippen molar-refractivity contribution in [3.05, 3.63) is 54.0 Å². The normalized spacial score (nSPS) is 17.5. The second-order valence-electron chi connectivity index (χ2n) is 8.57. The van der Waals surface area contributed by atoms with Crippen LogP contribution in [0.15, 0.2) is 42.6 Å². The number of fused-ring (bicyclic) bond motifs is 1. The van der Waals surface area contributed by atoms with E-state index >= 15 is 0 Å². The Morgan fingerprint density at radius 1 is 1.33 bits per heavy atom. The maximum absolute atomic E-state index is 15.0. The zero-order valence-corrected chi connectivity index (χ0v) is 18.8. The van der Waals surface area contributed by atoms with Gasteiger partial charge in [0.1, 0.15) is 18.0 Å². The zero-order chi connectivity index (χ0) is 23.4. The van der Waals surface area contributed by atoms with Gasteiger partial charge in [0.25, 0.3) is 5.91 Å². The van der Waals surface area contributed by atoms with Crippen LogP contribution >= 0.6 is 0 Å². The summed E-state index contributed by atoms with van der Waals surface area (Å²) in [6.07, 6.45) is 2.09. The fraction of sp³-hybridized carbons (Fsp3) is 0.400. The molecule has 172 valence electrons. The number of nitrogens with one attached hydrogen (secondary N) is 2. The van der Waals surface area contributed by atoms with Crippen LogP contribution in [-0.4, -0.2) is 47.5 Å². The fourth-order valence-corrected chi connectivity index (χ4v) is 4.02. The minimum Gasteiger partial charge on any atom is -0.367 e. The summed E-state index contributed by atoms with van der Waals surface area (Å²) in [6.45, 7) is 5.80. The van der Waals surface area contributed by atoms with Crippen LogP contribution in [0.1, 0.15) is 31.9 Å². The van der Waals surface area contributed by atoms with E-state index in [0.29, 0.717) is 18.7 Å². The molecule has 2 atom stereocenters. The number of nitriles is 1. The summed E-state index contributed by atoms with van der Waals surface area (Å²) in [5.74, 6) is -0.769. The molecule has 2 N–H and O–H groups in total. The van der Waals surface area contributed by atoms with E-state index in [1.54, 1.807) is 6.07 Å². The van der Waals surface area contributed by atoms with Gasteiger partial charge in [0, 0.05) is 31.0 Å². The maximum atomic E-state index is 15.0. The molecule has 1 saturated heterocycles. The Balaban J connectivity index is 1.49. The van der Waals surface area contributed by atoms with Crippen LogP contribution < -0.4 is 10.6 Å². The number of carbonyl (C=O) groups is 1. The molecular weight excluding hydrogens is 421 g/mol. The summed E-state index contributed by atoms with van der Waals surface area (Å²) < 4.78 is 22.4. The number of amides is 1. The molecule has 0 radical (unpaired) electrons. The summed E-state index contributed by atoms with van der Waals surface area (Å²) in [5, 5.41) is 20.8. The minimum atomic E-state index is -0.846. The molecule has 1 amide bonds. The average molecular weight is 450 g/mol. The Labute approximate surface area is 192 Å². The first-order valence-electron chi connectivity index (χ1n) is 11.2. The maximum Gasteiger partial charge on any atom is 0.251 e. The second kappa shape index (κ2) is 10.1. The van der Waals surface area contributed by atoms with Gasteiger partial charge in [0.2, 0.25) is 0 Å². The monoisotopic (exact) mass is 449 g/mol. The van der Waals surface area contributed by atoms with E-state index in [2.05, 4.69) is 35.6 Å². The van der Waals surface area contributed by atoms with Crippen molar-refractivity contribution in [2.45, 2.75) is 44.9 Å². The van der Waals surface area contributed by atoms with E-state index in [0.717, 1.165) is 35.0 Å². The molecule has 4 rings (SSSR count). The number of hydrogen-bond acceptors (Lipinski definition) is 5. The van der Waals surface area contributed by atoms with E-state index in [-0.39, 0.29) is 18.4 Å². The number of carbonyl (C=O) groups excluding carboxylic acids is 1. The topological polar surface area (TPSA) is 92.0 Å². The lowest BCUT2D eigenvalue weighted by Gasteiger charge is -2.18. The Morgan fingerprint density at radius 3 is 2.88 bits per heavy atom. The molecule has 1 aliphatic heterocycles. The third-order valence-corrected chi connectivity index (χ3v) is 5.81. The first kappa shape index (κ1) is 22.9. The molecule has 8 heteroatoms. The molecule has 2 heterocycles. The number of rotatable bonds is 6. The third kappa shape index (κ3) is 5.21. The average Bonchev–Trinajstić information content (AvgIpc) is 3.04.